The van der Waals surface area contributed by atoms with Gasteiger partial charge in [-0.25, -0.2) is 0 Å². The number of hydrogen-bond donors (Lipinski definition) is 2. The molecule has 3 rings (SSSR count). The summed E-state index contributed by atoms with van der Waals surface area (Å²) in [4.78, 5) is 11.6. The third-order valence-electron chi connectivity index (χ3n) is 3.70. The van der Waals surface area contributed by atoms with Gasteiger partial charge in [0.2, 0.25) is 0 Å². The standard InChI is InChI=1S/C16H22N2O3/c1-20-15-8-11(9-17-12-3-4-12)2-7-14(15)21-10-16(19)18-13-5-6-13/h2,7-8,12-13,17H,3-6,9-10H2,1H3,(H,18,19). The number of methoxy groups -OCH3 is 1. The normalized spacial score (nSPS) is 17.4. The topological polar surface area (TPSA) is 59.6 Å². The fourth-order valence-corrected chi connectivity index (χ4v) is 2.13. The van der Waals surface area contributed by atoms with Gasteiger partial charge in [-0.1, -0.05) is 6.07 Å². The van der Waals surface area contributed by atoms with E-state index < -0.39 is 0 Å². The molecular weight excluding hydrogens is 268 g/mol. The zero-order valence-corrected chi connectivity index (χ0v) is 12.4. The minimum Gasteiger partial charge on any atom is -0.493 e. The van der Waals surface area contributed by atoms with Gasteiger partial charge in [-0.15, -0.1) is 0 Å². The minimum absolute atomic E-state index is 0.0343. The molecule has 2 N–H and O–H groups in total. The van der Waals surface area contributed by atoms with E-state index in [0.717, 1.165) is 24.9 Å². The van der Waals surface area contributed by atoms with Gasteiger partial charge >= 0.3 is 0 Å². The molecular formula is C16H22N2O3. The van der Waals surface area contributed by atoms with Crippen molar-refractivity contribution >= 4 is 5.91 Å². The highest BCUT2D eigenvalue weighted by Gasteiger charge is 2.23. The van der Waals surface area contributed by atoms with Crippen LogP contribution in [0.3, 0.4) is 0 Å². The second-order valence-electron chi connectivity index (χ2n) is 5.77. The molecule has 1 aromatic carbocycles. The minimum atomic E-state index is -0.0703. The number of hydrogen-bond acceptors (Lipinski definition) is 4. The Bertz CT molecular complexity index is 510. The molecule has 5 heteroatoms. The Hall–Kier alpha value is -1.75. The lowest BCUT2D eigenvalue weighted by molar-refractivity contribution is -0.123. The van der Waals surface area contributed by atoms with Crippen molar-refractivity contribution in [2.45, 2.75) is 44.3 Å². The van der Waals surface area contributed by atoms with Gasteiger partial charge < -0.3 is 20.1 Å². The van der Waals surface area contributed by atoms with Crippen LogP contribution in [-0.2, 0) is 11.3 Å². The van der Waals surface area contributed by atoms with E-state index in [4.69, 9.17) is 9.47 Å². The number of amides is 1. The van der Waals surface area contributed by atoms with E-state index in [0.29, 0.717) is 23.6 Å². The zero-order chi connectivity index (χ0) is 14.7. The monoisotopic (exact) mass is 290 g/mol. The summed E-state index contributed by atoms with van der Waals surface area (Å²) in [5, 5.41) is 6.36. The number of carbonyl (C=O) groups is 1. The molecule has 0 spiro atoms. The van der Waals surface area contributed by atoms with E-state index in [-0.39, 0.29) is 12.5 Å². The van der Waals surface area contributed by atoms with Gasteiger partial charge in [0.05, 0.1) is 7.11 Å². The van der Waals surface area contributed by atoms with Crippen molar-refractivity contribution in [2.75, 3.05) is 13.7 Å². The Kier molecular flexibility index (Phi) is 4.29. The number of benzene rings is 1. The predicted molar refractivity (Wildman–Crippen MR) is 79.5 cm³/mol. The maximum absolute atomic E-state index is 11.6. The summed E-state index contributed by atoms with van der Waals surface area (Å²) in [5.41, 5.74) is 1.16. The van der Waals surface area contributed by atoms with Gasteiger partial charge in [0, 0.05) is 18.6 Å². The highest BCUT2D eigenvalue weighted by Crippen LogP contribution is 2.28. The Balaban J connectivity index is 1.53. The summed E-state index contributed by atoms with van der Waals surface area (Å²) >= 11 is 0. The first kappa shape index (κ1) is 14.2. The Labute approximate surface area is 125 Å². The van der Waals surface area contributed by atoms with Crippen molar-refractivity contribution in [3.8, 4) is 11.5 Å². The van der Waals surface area contributed by atoms with Crippen LogP contribution in [0.5, 0.6) is 11.5 Å². The number of nitrogens with one attached hydrogen (secondary N) is 2. The molecule has 1 amide bonds. The number of ether oxygens (including phenoxy) is 2. The van der Waals surface area contributed by atoms with Crippen molar-refractivity contribution in [3.63, 3.8) is 0 Å². The molecule has 1 aromatic rings. The van der Waals surface area contributed by atoms with Crippen molar-refractivity contribution in [3.05, 3.63) is 23.8 Å². The van der Waals surface area contributed by atoms with Gasteiger partial charge in [0.15, 0.2) is 18.1 Å². The molecule has 5 nitrogen and oxygen atoms in total. The third kappa shape index (κ3) is 4.36. The summed E-state index contributed by atoms with van der Waals surface area (Å²) in [7, 11) is 1.62. The maximum atomic E-state index is 11.6. The molecule has 2 aliphatic carbocycles. The zero-order valence-electron chi connectivity index (χ0n) is 12.4. The number of rotatable bonds is 8. The first-order chi connectivity index (χ1) is 10.2. The van der Waals surface area contributed by atoms with E-state index in [1.807, 2.05) is 18.2 Å². The number of carbonyl (C=O) groups excluding carboxylic acids is 1. The van der Waals surface area contributed by atoms with Crippen LogP contribution in [0.1, 0.15) is 31.2 Å². The van der Waals surface area contributed by atoms with Gasteiger partial charge in [-0.3, -0.25) is 4.79 Å². The highest BCUT2D eigenvalue weighted by molar-refractivity contribution is 5.78. The smallest absolute Gasteiger partial charge is 0.258 e. The lowest BCUT2D eigenvalue weighted by Gasteiger charge is -2.12. The molecule has 0 unspecified atom stereocenters. The van der Waals surface area contributed by atoms with Crippen LogP contribution in [0, 0.1) is 0 Å². The second kappa shape index (κ2) is 6.35. The van der Waals surface area contributed by atoms with E-state index in [2.05, 4.69) is 10.6 Å². The Morgan fingerprint density at radius 2 is 1.95 bits per heavy atom. The van der Waals surface area contributed by atoms with E-state index in [1.165, 1.54) is 12.8 Å². The van der Waals surface area contributed by atoms with Crippen LogP contribution in [-0.4, -0.2) is 31.7 Å². The first-order valence-corrected chi connectivity index (χ1v) is 7.57. The van der Waals surface area contributed by atoms with Crippen LogP contribution in [0.2, 0.25) is 0 Å². The molecule has 0 aliphatic heterocycles. The van der Waals surface area contributed by atoms with Crippen LogP contribution in [0.15, 0.2) is 18.2 Å². The van der Waals surface area contributed by atoms with E-state index >= 15 is 0 Å². The highest BCUT2D eigenvalue weighted by atomic mass is 16.5. The maximum Gasteiger partial charge on any atom is 0.258 e. The SMILES string of the molecule is COc1cc(CNC2CC2)ccc1OCC(=O)NC1CC1. The predicted octanol–water partition coefficient (Wildman–Crippen LogP) is 1.60. The third-order valence-corrected chi connectivity index (χ3v) is 3.70. The molecule has 0 heterocycles. The van der Waals surface area contributed by atoms with Gasteiger partial charge in [-0.05, 0) is 43.4 Å². The summed E-state index contributed by atoms with van der Waals surface area (Å²) < 4.78 is 10.9. The van der Waals surface area contributed by atoms with Crippen molar-refractivity contribution in [2.24, 2.45) is 0 Å². The molecule has 114 valence electrons. The molecule has 0 saturated heterocycles. The first-order valence-electron chi connectivity index (χ1n) is 7.57. The molecule has 0 radical (unpaired) electrons. The summed E-state index contributed by atoms with van der Waals surface area (Å²) in [6, 6.07) is 6.87. The van der Waals surface area contributed by atoms with Crippen LogP contribution in [0.4, 0.5) is 0 Å². The fourth-order valence-electron chi connectivity index (χ4n) is 2.13. The average Bonchev–Trinajstić information content (AvgIpc) is 3.37. The van der Waals surface area contributed by atoms with Gasteiger partial charge in [0.25, 0.3) is 5.91 Å². The molecule has 2 aliphatic rings. The lowest BCUT2D eigenvalue weighted by Crippen LogP contribution is -2.30. The van der Waals surface area contributed by atoms with Crippen LogP contribution in [0.25, 0.3) is 0 Å². The largest absolute Gasteiger partial charge is 0.493 e. The Morgan fingerprint density at radius 3 is 2.62 bits per heavy atom. The van der Waals surface area contributed by atoms with Crippen molar-refractivity contribution in [1.82, 2.24) is 10.6 Å². The quantitative estimate of drug-likeness (QED) is 0.763. The summed E-state index contributed by atoms with van der Waals surface area (Å²) in [5.74, 6) is 1.21. The summed E-state index contributed by atoms with van der Waals surface area (Å²) in [6.45, 7) is 0.871. The molecule has 0 bridgehead atoms. The van der Waals surface area contributed by atoms with Gasteiger partial charge in [0.1, 0.15) is 0 Å². The second-order valence-corrected chi connectivity index (χ2v) is 5.77. The van der Waals surface area contributed by atoms with E-state index in [1.54, 1.807) is 7.11 Å². The average molecular weight is 290 g/mol. The van der Waals surface area contributed by atoms with Gasteiger partial charge in [-0.2, -0.15) is 0 Å². The van der Waals surface area contributed by atoms with Crippen LogP contribution >= 0.6 is 0 Å². The molecule has 2 fully saturated rings. The Morgan fingerprint density at radius 1 is 1.19 bits per heavy atom. The van der Waals surface area contributed by atoms with E-state index in [9.17, 15) is 4.79 Å². The molecule has 0 atom stereocenters. The summed E-state index contributed by atoms with van der Waals surface area (Å²) in [6.07, 6.45) is 4.71. The molecule has 21 heavy (non-hydrogen) atoms. The van der Waals surface area contributed by atoms with Crippen molar-refractivity contribution < 1.29 is 14.3 Å². The van der Waals surface area contributed by atoms with Crippen LogP contribution < -0.4 is 20.1 Å². The fraction of sp³-hybridized carbons (Fsp3) is 0.562. The lowest BCUT2D eigenvalue weighted by atomic mass is 10.2. The molecule has 0 aromatic heterocycles. The molecule has 2 saturated carbocycles. The van der Waals surface area contributed by atoms with Crippen molar-refractivity contribution in [1.29, 1.82) is 0 Å².